The SMILES string of the molecule is CC1CCN(CCn2cc(C(=O)O)nn2)C1CO. The van der Waals surface area contributed by atoms with Gasteiger partial charge in [-0.05, 0) is 18.9 Å². The van der Waals surface area contributed by atoms with Crippen molar-refractivity contribution in [2.24, 2.45) is 5.92 Å². The summed E-state index contributed by atoms with van der Waals surface area (Å²) in [5.41, 5.74) is -0.0384. The highest BCUT2D eigenvalue weighted by atomic mass is 16.4. The van der Waals surface area contributed by atoms with Crippen LogP contribution < -0.4 is 0 Å². The topological polar surface area (TPSA) is 91.5 Å². The van der Waals surface area contributed by atoms with Crippen molar-refractivity contribution in [3.8, 4) is 0 Å². The van der Waals surface area contributed by atoms with Crippen molar-refractivity contribution in [3.05, 3.63) is 11.9 Å². The normalized spacial score (nSPS) is 24.6. The minimum Gasteiger partial charge on any atom is -0.476 e. The van der Waals surface area contributed by atoms with Gasteiger partial charge < -0.3 is 10.2 Å². The molecule has 18 heavy (non-hydrogen) atoms. The average molecular weight is 254 g/mol. The molecule has 0 bridgehead atoms. The van der Waals surface area contributed by atoms with E-state index in [0.29, 0.717) is 12.5 Å². The van der Waals surface area contributed by atoms with Gasteiger partial charge in [0.15, 0.2) is 5.69 Å². The van der Waals surface area contributed by atoms with Crippen LogP contribution in [0.5, 0.6) is 0 Å². The lowest BCUT2D eigenvalue weighted by molar-refractivity contribution is 0.0690. The third-order valence-electron chi connectivity index (χ3n) is 3.56. The van der Waals surface area contributed by atoms with Crippen LogP contribution >= 0.6 is 0 Å². The Morgan fingerprint density at radius 1 is 1.56 bits per heavy atom. The predicted molar refractivity (Wildman–Crippen MR) is 63.2 cm³/mol. The quantitative estimate of drug-likeness (QED) is 0.748. The first kappa shape index (κ1) is 13.0. The van der Waals surface area contributed by atoms with Gasteiger partial charge in [-0.3, -0.25) is 9.58 Å². The lowest BCUT2D eigenvalue weighted by Crippen LogP contribution is -2.37. The summed E-state index contributed by atoms with van der Waals surface area (Å²) in [6, 6.07) is 0.201. The van der Waals surface area contributed by atoms with Crippen LogP contribution in [0.15, 0.2) is 6.20 Å². The van der Waals surface area contributed by atoms with Crippen LogP contribution in [0.1, 0.15) is 23.8 Å². The van der Waals surface area contributed by atoms with E-state index in [1.807, 2.05) is 0 Å². The number of likely N-dealkylation sites (tertiary alicyclic amines) is 1. The molecular formula is C11H18N4O3. The number of hydrogen-bond acceptors (Lipinski definition) is 5. The molecule has 2 atom stereocenters. The van der Waals surface area contributed by atoms with E-state index in [9.17, 15) is 9.90 Å². The van der Waals surface area contributed by atoms with Gasteiger partial charge in [-0.25, -0.2) is 4.79 Å². The number of aromatic nitrogens is 3. The number of carboxylic acid groups (broad SMARTS) is 1. The number of rotatable bonds is 5. The first-order valence-electron chi connectivity index (χ1n) is 6.10. The Morgan fingerprint density at radius 3 is 2.94 bits per heavy atom. The van der Waals surface area contributed by atoms with Crippen LogP contribution in [0, 0.1) is 5.92 Å². The van der Waals surface area contributed by atoms with Crippen molar-refractivity contribution < 1.29 is 15.0 Å². The molecule has 2 unspecified atom stereocenters. The fourth-order valence-electron chi connectivity index (χ4n) is 2.40. The number of nitrogens with zero attached hydrogens (tertiary/aromatic N) is 4. The summed E-state index contributed by atoms with van der Waals surface area (Å²) in [6.07, 6.45) is 2.51. The van der Waals surface area contributed by atoms with Crippen LogP contribution in [0.3, 0.4) is 0 Å². The molecule has 7 heteroatoms. The molecule has 1 aliphatic heterocycles. The van der Waals surface area contributed by atoms with Crippen LogP contribution in [0.2, 0.25) is 0 Å². The molecule has 0 spiro atoms. The zero-order valence-corrected chi connectivity index (χ0v) is 10.4. The van der Waals surface area contributed by atoms with Crippen molar-refractivity contribution in [2.75, 3.05) is 19.7 Å². The highest BCUT2D eigenvalue weighted by molar-refractivity contribution is 5.84. The smallest absolute Gasteiger partial charge is 0.358 e. The minimum absolute atomic E-state index is 0.0384. The van der Waals surface area contributed by atoms with E-state index in [-0.39, 0.29) is 18.3 Å². The molecule has 0 aliphatic carbocycles. The molecule has 1 saturated heterocycles. The maximum Gasteiger partial charge on any atom is 0.358 e. The second-order valence-electron chi connectivity index (χ2n) is 4.72. The van der Waals surface area contributed by atoms with Gasteiger partial charge in [0.05, 0.1) is 19.3 Å². The second-order valence-corrected chi connectivity index (χ2v) is 4.72. The number of aliphatic hydroxyl groups excluding tert-OH is 1. The molecule has 2 rings (SSSR count). The van der Waals surface area contributed by atoms with E-state index in [1.54, 1.807) is 0 Å². The predicted octanol–water partition coefficient (Wildman–Crippen LogP) is -0.321. The Balaban J connectivity index is 1.89. The van der Waals surface area contributed by atoms with E-state index < -0.39 is 5.97 Å². The van der Waals surface area contributed by atoms with Gasteiger partial charge in [-0.15, -0.1) is 5.10 Å². The van der Waals surface area contributed by atoms with Gasteiger partial charge in [-0.1, -0.05) is 12.1 Å². The third-order valence-corrected chi connectivity index (χ3v) is 3.56. The van der Waals surface area contributed by atoms with Gasteiger partial charge in [-0.2, -0.15) is 0 Å². The highest BCUT2D eigenvalue weighted by Crippen LogP contribution is 2.22. The van der Waals surface area contributed by atoms with Crippen LogP contribution in [0.25, 0.3) is 0 Å². The zero-order chi connectivity index (χ0) is 13.1. The number of aliphatic hydroxyl groups is 1. The van der Waals surface area contributed by atoms with Crippen molar-refractivity contribution in [2.45, 2.75) is 25.9 Å². The average Bonchev–Trinajstić information content (AvgIpc) is 2.93. The Bertz CT molecular complexity index is 420. The van der Waals surface area contributed by atoms with Crippen molar-refractivity contribution in [3.63, 3.8) is 0 Å². The first-order chi connectivity index (χ1) is 8.61. The number of aromatic carboxylic acids is 1. The molecule has 1 aromatic rings. The Kier molecular flexibility index (Phi) is 3.93. The Labute approximate surface area is 105 Å². The molecule has 0 saturated carbocycles. The molecule has 0 radical (unpaired) electrons. The molecule has 1 aliphatic rings. The summed E-state index contributed by atoms with van der Waals surface area (Å²) in [7, 11) is 0. The summed E-state index contributed by atoms with van der Waals surface area (Å²) in [5, 5.41) is 25.4. The third kappa shape index (κ3) is 2.68. The van der Waals surface area contributed by atoms with Crippen LogP contribution in [-0.2, 0) is 6.54 Å². The monoisotopic (exact) mass is 254 g/mol. The molecule has 7 nitrogen and oxygen atoms in total. The molecule has 2 N–H and O–H groups in total. The van der Waals surface area contributed by atoms with Crippen molar-refractivity contribution in [1.29, 1.82) is 0 Å². The maximum atomic E-state index is 10.7. The molecule has 0 amide bonds. The number of hydrogen-bond donors (Lipinski definition) is 2. The standard InChI is InChI=1S/C11H18N4O3/c1-8-2-3-14(10(8)7-16)4-5-15-6-9(11(17)18)12-13-15/h6,8,10,16H,2-5,7H2,1H3,(H,17,18). The Morgan fingerprint density at radius 2 is 2.33 bits per heavy atom. The van der Waals surface area contributed by atoms with Crippen LogP contribution in [-0.4, -0.2) is 61.8 Å². The zero-order valence-electron chi connectivity index (χ0n) is 10.4. The van der Waals surface area contributed by atoms with Gasteiger partial charge >= 0.3 is 5.97 Å². The van der Waals surface area contributed by atoms with Crippen LogP contribution in [0.4, 0.5) is 0 Å². The lowest BCUT2D eigenvalue weighted by Gasteiger charge is -2.24. The molecule has 2 heterocycles. The minimum atomic E-state index is -1.07. The van der Waals surface area contributed by atoms with E-state index in [0.717, 1.165) is 19.5 Å². The van der Waals surface area contributed by atoms with Gasteiger partial charge in [0.1, 0.15) is 0 Å². The Hall–Kier alpha value is -1.47. The number of carboxylic acids is 1. The van der Waals surface area contributed by atoms with E-state index >= 15 is 0 Å². The largest absolute Gasteiger partial charge is 0.476 e. The number of carbonyl (C=O) groups is 1. The molecule has 1 fully saturated rings. The fraction of sp³-hybridized carbons (Fsp3) is 0.727. The summed E-state index contributed by atoms with van der Waals surface area (Å²) >= 11 is 0. The summed E-state index contributed by atoms with van der Waals surface area (Å²) in [5.74, 6) is -0.565. The van der Waals surface area contributed by atoms with Gasteiger partial charge in [0.25, 0.3) is 0 Å². The van der Waals surface area contributed by atoms with Crippen molar-refractivity contribution >= 4 is 5.97 Å². The van der Waals surface area contributed by atoms with E-state index in [1.165, 1.54) is 10.9 Å². The van der Waals surface area contributed by atoms with Crippen molar-refractivity contribution in [1.82, 2.24) is 19.9 Å². The van der Waals surface area contributed by atoms with E-state index in [2.05, 4.69) is 22.1 Å². The van der Waals surface area contributed by atoms with Gasteiger partial charge in [0, 0.05) is 12.6 Å². The lowest BCUT2D eigenvalue weighted by atomic mass is 10.0. The first-order valence-corrected chi connectivity index (χ1v) is 6.10. The summed E-state index contributed by atoms with van der Waals surface area (Å²) < 4.78 is 1.53. The molecule has 100 valence electrons. The maximum absolute atomic E-state index is 10.7. The van der Waals surface area contributed by atoms with Gasteiger partial charge in [0.2, 0.25) is 0 Å². The molecule has 1 aromatic heterocycles. The second kappa shape index (κ2) is 5.45. The fourth-order valence-corrected chi connectivity index (χ4v) is 2.40. The summed E-state index contributed by atoms with van der Waals surface area (Å²) in [4.78, 5) is 12.9. The van der Waals surface area contributed by atoms with E-state index in [4.69, 9.17) is 5.11 Å². The highest BCUT2D eigenvalue weighted by Gasteiger charge is 2.29. The molecular weight excluding hydrogens is 236 g/mol. The summed E-state index contributed by atoms with van der Waals surface area (Å²) in [6.45, 7) is 4.60. The molecule has 0 aromatic carbocycles.